The Labute approximate surface area is 97.9 Å². The van der Waals surface area contributed by atoms with Gasteiger partial charge in [0, 0.05) is 0 Å². The van der Waals surface area contributed by atoms with Gasteiger partial charge in [-0.15, -0.1) is 0 Å². The minimum Gasteiger partial charge on any atom is -0.368 e. The van der Waals surface area contributed by atoms with Gasteiger partial charge in [-0.1, -0.05) is 12.1 Å². The molecule has 1 aromatic carbocycles. The van der Waals surface area contributed by atoms with E-state index in [4.69, 9.17) is 11.0 Å². The molecule has 0 aliphatic carbocycles. The number of nitrogens with two attached hydrogens (primary N) is 1. The molecule has 0 aliphatic rings. The molecule has 0 aliphatic heterocycles. The molecular formula is C11H11N3O3. The number of carbonyl (C=O) groups is 2. The van der Waals surface area contributed by atoms with Gasteiger partial charge < -0.3 is 5.73 Å². The monoisotopic (exact) mass is 233 g/mol. The lowest BCUT2D eigenvalue weighted by Crippen LogP contribution is -2.30. The molecule has 2 amide bonds. The number of hydrogen-bond acceptors (Lipinski definition) is 4. The maximum Gasteiger partial charge on any atom is 0.247 e. The van der Waals surface area contributed by atoms with Crippen molar-refractivity contribution in [2.45, 2.75) is 6.42 Å². The Bertz CT molecular complexity index is 448. The molecule has 17 heavy (non-hydrogen) atoms. The first-order valence-corrected chi connectivity index (χ1v) is 4.80. The zero-order valence-corrected chi connectivity index (χ0v) is 8.97. The molecule has 6 nitrogen and oxygen atoms in total. The van der Waals surface area contributed by atoms with Gasteiger partial charge in [-0.2, -0.15) is 5.26 Å². The van der Waals surface area contributed by atoms with Crippen LogP contribution in [0.5, 0.6) is 0 Å². The second kappa shape index (κ2) is 6.25. The molecule has 3 N–H and O–H groups in total. The van der Waals surface area contributed by atoms with Crippen molar-refractivity contribution in [2.24, 2.45) is 5.73 Å². The van der Waals surface area contributed by atoms with Crippen molar-refractivity contribution in [3.05, 3.63) is 35.4 Å². The van der Waals surface area contributed by atoms with Gasteiger partial charge in [0.25, 0.3) is 0 Å². The lowest BCUT2D eigenvalue weighted by molar-refractivity contribution is -0.137. The van der Waals surface area contributed by atoms with Gasteiger partial charge in [-0.3, -0.25) is 14.4 Å². The second-order valence-electron chi connectivity index (χ2n) is 3.27. The van der Waals surface area contributed by atoms with Crippen molar-refractivity contribution in [3.8, 4) is 6.07 Å². The normalized spacial score (nSPS) is 9.35. The summed E-state index contributed by atoms with van der Waals surface area (Å²) in [7, 11) is 0. The zero-order valence-electron chi connectivity index (χ0n) is 8.97. The summed E-state index contributed by atoms with van der Waals surface area (Å²) >= 11 is 0. The van der Waals surface area contributed by atoms with Crippen LogP contribution in [0.4, 0.5) is 0 Å². The summed E-state index contributed by atoms with van der Waals surface area (Å²) in [4.78, 5) is 26.2. The van der Waals surface area contributed by atoms with E-state index in [1.54, 1.807) is 24.3 Å². The number of rotatable bonds is 5. The summed E-state index contributed by atoms with van der Waals surface area (Å²) < 4.78 is 0. The van der Waals surface area contributed by atoms with Gasteiger partial charge in [0.2, 0.25) is 11.8 Å². The van der Waals surface area contributed by atoms with E-state index in [1.807, 2.05) is 6.07 Å². The third-order valence-electron chi connectivity index (χ3n) is 1.85. The summed E-state index contributed by atoms with van der Waals surface area (Å²) in [5.41, 5.74) is 8.17. The van der Waals surface area contributed by atoms with Crippen molar-refractivity contribution >= 4 is 11.8 Å². The third-order valence-corrected chi connectivity index (χ3v) is 1.85. The molecule has 0 saturated carbocycles. The van der Waals surface area contributed by atoms with Crippen LogP contribution in [0.25, 0.3) is 0 Å². The number of nitrogens with one attached hydrogen (secondary N) is 1. The molecule has 0 atom stereocenters. The Hall–Kier alpha value is -2.39. The highest BCUT2D eigenvalue weighted by molar-refractivity contribution is 5.78. The Balaban J connectivity index is 2.40. The fourth-order valence-corrected chi connectivity index (χ4v) is 1.11. The van der Waals surface area contributed by atoms with Crippen LogP contribution in [0.15, 0.2) is 24.3 Å². The predicted molar refractivity (Wildman–Crippen MR) is 58.2 cm³/mol. The van der Waals surface area contributed by atoms with Crippen LogP contribution < -0.4 is 11.2 Å². The van der Waals surface area contributed by atoms with Crippen LogP contribution in [0.1, 0.15) is 11.1 Å². The van der Waals surface area contributed by atoms with Crippen molar-refractivity contribution in [1.82, 2.24) is 5.48 Å². The fourth-order valence-electron chi connectivity index (χ4n) is 1.11. The van der Waals surface area contributed by atoms with Crippen molar-refractivity contribution in [3.63, 3.8) is 0 Å². The standard InChI is InChI=1S/C11H11N3O3/c12-6-9-3-1-8(2-4-9)5-11(16)14-17-7-10(13)15/h1-4H,5,7H2,(H2,13,15)(H,14,16). The first kappa shape index (κ1) is 12.7. The van der Waals surface area contributed by atoms with Gasteiger partial charge in [0.1, 0.15) is 0 Å². The topological polar surface area (TPSA) is 105 Å². The molecule has 0 unspecified atom stereocenters. The molecule has 0 spiro atoms. The maximum absolute atomic E-state index is 11.3. The highest BCUT2D eigenvalue weighted by Gasteiger charge is 2.04. The molecule has 6 heteroatoms. The van der Waals surface area contributed by atoms with E-state index >= 15 is 0 Å². The van der Waals surface area contributed by atoms with E-state index in [1.165, 1.54) is 0 Å². The number of primary amides is 1. The molecule has 0 saturated heterocycles. The zero-order chi connectivity index (χ0) is 12.7. The summed E-state index contributed by atoms with van der Waals surface area (Å²) in [6, 6.07) is 8.56. The van der Waals surface area contributed by atoms with Crippen LogP contribution >= 0.6 is 0 Å². The summed E-state index contributed by atoms with van der Waals surface area (Å²) in [6.45, 7) is -0.362. The Morgan fingerprint density at radius 2 is 2.00 bits per heavy atom. The van der Waals surface area contributed by atoms with E-state index in [0.717, 1.165) is 5.56 Å². The minimum atomic E-state index is -0.663. The molecule has 0 aromatic heterocycles. The molecule has 0 heterocycles. The van der Waals surface area contributed by atoms with E-state index in [0.29, 0.717) is 5.56 Å². The van der Waals surface area contributed by atoms with E-state index in [-0.39, 0.29) is 13.0 Å². The van der Waals surface area contributed by atoms with Crippen molar-refractivity contribution < 1.29 is 14.4 Å². The van der Waals surface area contributed by atoms with Crippen molar-refractivity contribution in [1.29, 1.82) is 5.26 Å². The molecular weight excluding hydrogens is 222 g/mol. The second-order valence-corrected chi connectivity index (χ2v) is 3.27. The summed E-state index contributed by atoms with van der Waals surface area (Å²) in [6.07, 6.45) is 0.102. The highest BCUT2D eigenvalue weighted by Crippen LogP contribution is 2.03. The smallest absolute Gasteiger partial charge is 0.247 e. The number of benzene rings is 1. The lowest BCUT2D eigenvalue weighted by atomic mass is 10.1. The Kier molecular flexibility index (Phi) is 4.66. The molecule has 0 bridgehead atoms. The fraction of sp³-hybridized carbons (Fsp3) is 0.182. The molecule has 0 radical (unpaired) electrons. The van der Waals surface area contributed by atoms with Gasteiger partial charge in [0.15, 0.2) is 6.61 Å². The van der Waals surface area contributed by atoms with Gasteiger partial charge in [0.05, 0.1) is 18.1 Å². The lowest BCUT2D eigenvalue weighted by Gasteiger charge is -2.04. The predicted octanol–water partition coefficient (Wildman–Crippen LogP) is -0.366. The molecule has 1 rings (SSSR count). The molecule has 1 aromatic rings. The number of hydrogen-bond donors (Lipinski definition) is 2. The Morgan fingerprint density at radius 1 is 1.35 bits per heavy atom. The molecule has 88 valence electrons. The van der Waals surface area contributed by atoms with Crippen LogP contribution in [0.3, 0.4) is 0 Å². The number of amides is 2. The largest absolute Gasteiger partial charge is 0.368 e. The van der Waals surface area contributed by atoms with Gasteiger partial charge in [-0.05, 0) is 17.7 Å². The van der Waals surface area contributed by atoms with Gasteiger partial charge in [-0.25, -0.2) is 5.48 Å². The first-order valence-electron chi connectivity index (χ1n) is 4.80. The van der Waals surface area contributed by atoms with Crippen LogP contribution in [0, 0.1) is 11.3 Å². The quantitative estimate of drug-likeness (QED) is 0.677. The summed E-state index contributed by atoms with van der Waals surface area (Å²) in [5, 5.41) is 8.59. The van der Waals surface area contributed by atoms with Gasteiger partial charge >= 0.3 is 0 Å². The van der Waals surface area contributed by atoms with Crippen LogP contribution in [-0.4, -0.2) is 18.4 Å². The summed E-state index contributed by atoms with van der Waals surface area (Å²) in [5.74, 6) is -1.06. The number of carbonyl (C=O) groups excluding carboxylic acids is 2. The van der Waals surface area contributed by atoms with E-state index < -0.39 is 11.8 Å². The number of nitriles is 1. The number of nitrogens with zero attached hydrogens (tertiary/aromatic N) is 1. The molecule has 0 fully saturated rings. The van der Waals surface area contributed by atoms with E-state index in [9.17, 15) is 9.59 Å². The van der Waals surface area contributed by atoms with Crippen LogP contribution in [0.2, 0.25) is 0 Å². The third kappa shape index (κ3) is 4.77. The minimum absolute atomic E-state index is 0.102. The highest BCUT2D eigenvalue weighted by atomic mass is 16.7. The first-order chi connectivity index (χ1) is 8.11. The SMILES string of the molecule is N#Cc1ccc(CC(=O)NOCC(N)=O)cc1. The average Bonchev–Trinajstić information content (AvgIpc) is 2.29. The Morgan fingerprint density at radius 3 is 2.53 bits per heavy atom. The number of hydroxylamine groups is 1. The van der Waals surface area contributed by atoms with Crippen molar-refractivity contribution in [2.75, 3.05) is 6.61 Å². The maximum atomic E-state index is 11.3. The van der Waals surface area contributed by atoms with E-state index in [2.05, 4.69) is 10.3 Å². The van der Waals surface area contributed by atoms with Crippen LogP contribution in [-0.2, 0) is 20.8 Å². The average molecular weight is 233 g/mol.